The molecule has 22 heavy (non-hydrogen) atoms. The molecule has 1 N–H and O–H groups in total. The standard InChI is InChI=1S/C19H23NO2/c1-20(14-19(22)11-4-5-12-19)18(21)13-16-9-6-8-15-7-2-3-10-17(15)16/h2-3,6-10,22H,4-5,11-14H2,1H3. The number of hydrogen-bond donors (Lipinski definition) is 1. The Kier molecular flexibility index (Phi) is 4.16. The van der Waals surface area contributed by atoms with Crippen LogP contribution in [0.1, 0.15) is 31.2 Å². The topological polar surface area (TPSA) is 40.5 Å². The molecule has 0 radical (unpaired) electrons. The van der Waals surface area contributed by atoms with Crippen molar-refractivity contribution >= 4 is 16.7 Å². The van der Waals surface area contributed by atoms with Gasteiger partial charge in [0.25, 0.3) is 0 Å². The summed E-state index contributed by atoms with van der Waals surface area (Å²) in [5.41, 5.74) is 0.372. The van der Waals surface area contributed by atoms with Crippen molar-refractivity contribution in [2.75, 3.05) is 13.6 Å². The molecule has 1 saturated carbocycles. The number of fused-ring (bicyclic) bond motifs is 1. The van der Waals surface area contributed by atoms with Gasteiger partial charge < -0.3 is 10.0 Å². The molecule has 0 atom stereocenters. The van der Waals surface area contributed by atoms with Crippen LogP contribution in [-0.2, 0) is 11.2 Å². The third-order valence-electron chi connectivity index (χ3n) is 4.71. The predicted molar refractivity (Wildman–Crippen MR) is 88.7 cm³/mol. The average molecular weight is 297 g/mol. The van der Waals surface area contributed by atoms with E-state index in [1.54, 1.807) is 11.9 Å². The van der Waals surface area contributed by atoms with Gasteiger partial charge in [0.2, 0.25) is 5.91 Å². The van der Waals surface area contributed by atoms with Crippen molar-refractivity contribution in [3.8, 4) is 0 Å². The van der Waals surface area contributed by atoms with Gasteiger partial charge in [-0.25, -0.2) is 0 Å². The van der Waals surface area contributed by atoms with Crippen LogP contribution in [0.2, 0.25) is 0 Å². The zero-order valence-electron chi connectivity index (χ0n) is 13.1. The van der Waals surface area contributed by atoms with Crippen LogP contribution in [0, 0.1) is 0 Å². The summed E-state index contributed by atoms with van der Waals surface area (Å²) in [5, 5.41) is 12.7. The van der Waals surface area contributed by atoms with E-state index in [1.807, 2.05) is 24.3 Å². The Morgan fingerprint density at radius 1 is 1.14 bits per heavy atom. The molecule has 0 saturated heterocycles. The zero-order valence-corrected chi connectivity index (χ0v) is 13.1. The number of amides is 1. The summed E-state index contributed by atoms with van der Waals surface area (Å²) in [6.07, 6.45) is 4.11. The first-order chi connectivity index (χ1) is 10.6. The third-order valence-corrected chi connectivity index (χ3v) is 4.71. The van der Waals surface area contributed by atoms with E-state index >= 15 is 0 Å². The number of benzene rings is 2. The van der Waals surface area contributed by atoms with Crippen LogP contribution in [0.15, 0.2) is 42.5 Å². The first kappa shape index (κ1) is 15.0. The Balaban J connectivity index is 1.72. The molecule has 0 spiro atoms. The normalized spacial score (nSPS) is 16.8. The third kappa shape index (κ3) is 3.14. The maximum Gasteiger partial charge on any atom is 0.226 e. The Morgan fingerprint density at radius 2 is 1.82 bits per heavy atom. The van der Waals surface area contributed by atoms with Gasteiger partial charge >= 0.3 is 0 Å². The quantitative estimate of drug-likeness (QED) is 0.942. The number of carbonyl (C=O) groups excluding carboxylic acids is 1. The number of carbonyl (C=O) groups is 1. The SMILES string of the molecule is CN(CC1(O)CCCC1)C(=O)Cc1cccc2ccccc12. The molecule has 3 heteroatoms. The van der Waals surface area contributed by atoms with E-state index in [-0.39, 0.29) is 5.91 Å². The molecular weight excluding hydrogens is 274 g/mol. The van der Waals surface area contributed by atoms with Crippen LogP contribution in [0.4, 0.5) is 0 Å². The van der Waals surface area contributed by atoms with E-state index in [9.17, 15) is 9.90 Å². The molecule has 0 aromatic heterocycles. The lowest BCUT2D eigenvalue weighted by Gasteiger charge is -2.28. The number of hydrogen-bond acceptors (Lipinski definition) is 2. The lowest BCUT2D eigenvalue weighted by atomic mass is 10.00. The molecule has 0 heterocycles. The Hall–Kier alpha value is -1.87. The highest BCUT2D eigenvalue weighted by molar-refractivity contribution is 5.90. The fraction of sp³-hybridized carbons (Fsp3) is 0.421. The molecular formula is C19H23NO2. The molecule has 0 unspecified atom stereocenters. The molecule has 3 rings (SSSR count). The van der Waals surface area contributed by atoms with Crippen LogP contribution in [0.25, 0.3) is 10.8 Å². The van der Waals surface area contributed by atoms with Crippen molar-refractivity contribution in [1.29, 1.82) is 0 Å². The minimum Gasteiger partial charge on any atom is -0.388 e. The van der Waals surface area contributed by atoms with Gasteiger partial charge in [-0.15, -0.1) is 0 Å². The van der Waals surface area contributed by atoms with E-state index in [0.717, 1.165) is 42.0 Å². The highest BCUT2D eigenvalue weighted by atomic mass is 16.3. The van der Waals surface area contributed by atoms with Gasteiger partial charge in [-0.2, -0.15) is 0 Å². The number of aliphatic hydroxyl groups is 1. The maximum absolute atomic E-state index is 12.5. The second-order valence-electron chi connectivity index (χ2n) is 6.50. The molecule has 2 aromatic rings. The van der Waals surface area contributed by atoms with Crippen molar-refractivity contribution in [1.82, 2.24) is 4.90 Å². The van der Waals surface area contributed by atoms with Gasteiger partial charge in [-0.05, 0) is 29.2 Å². The lowest BCUT2D eigenvalue weighted by Crippen LogP contribution is -2.42. The van der Waals surface area contributed by atoms with Gasteiger partial charge in [0, 0.05) is 13.6 Å². The molecule has 1 fully saturated rings. The van der Waals surface area contributed by atoms with Gasteiger partial charge in [0.15, 0.2) is 0 Å². The fourth-order valence-electron chi connectivity index (χ4n) is 3.47. The first-order valence-electron chi connectivity index (χ1n) is 8.00. The number of nitrogens with zero attached hydrogens (tertiary/aromatic N) is 1. The van der Waals surface area contributed by atoms with Crippen molar-refractivity contribution in [3.05, 3.63) is 48.0 Å². The molecule has 1 aliphatic rings. The summed E-state index contributed by atoms with van der Waals surface area (Å²) in [6, 6.07) is 14.2. The summed E-state index contributed by atoms with van der Waals surface area (Å²) in [7, 11) is 1.80. The van der Waals surface area contributed by atoms with E-state index in [1.165, 1.54) is 0 Å². The Labute approximate surface area is 131 Å². The molecule has 1 amide bonds. The summed E-state index contributed by atoms with van der Waals surface area (Å²) in [4.78, 5) is 14.2. The van der Waals surface area contributed by atoms with Crippen molar-refractivity contribution in [3.63, 3.8) is 0 Å². The van der Waals surface area contributed by atoms with Gasteiger partial charge in [0.05, 0.1) is 12.0 Å². The Bertz CT molecular complexity index is 669. The lowest BCUT2D eigenvalue weighted by molar-refractivity contribution is -0.132. The van der Waals surface area contributed by atoms with Crippen LogP contribution in [0.3, 0.4) is 0 Å². The van der Waals surface area contributed by atoms with Crippen LogP contribution in [-0.4, -0.2) is 35.1 Å². The van der Waals surface area contributed by atoms with E-state index in [2.05, 4.69) is 18.2 Å². The van der Waals surface area contributed by atoms with Crippen molar-refractivity contribution < 1.29 is 9.90 Å². The first-order valence-corrected chi connectivity index (χ1v) is 8.00. The van der Waals surface area contributed by atoms with E-state index in [4.69, 9.17) is 0 Å². The fourth-order valence-corrected chi connectivity index (χ4v) is 3.47. The highest BCUT2D eigenvalue weighted by Gasteiger charge is 2.33. The van der Waals surface area contributed by atoms with E-state index < -0.39 is 5.60 Å². The number of likely N-dealkylation sites (N-methyl/N-ethyl adjacent to an activating group) is 1. The Morgan fingerprint density at radius 3 is 2.59 bits per heavy atom. The second-order valence-corrected chi connectivity index (χ2v) is 6.50. The van der Waals surface area contributed by atoms with Crippen molar-refractivity contribution in [2.24, 2.45) is 0 Å². The van der Waals surface area contributed by atoms with Crippen LogP contribution < -0.4 is 0 Å². The minimum atomic E-state index is -0.677. The molecule has 0 bridgehead atoms. The summed E-state index contributed by atoms with van der Waals surface area (Å²) >= 11 is 0. The molecule has 0 aliphatic heterocycles. The van der Waals surface area contributed by atoms with Crippen molar-refractivity contribution in [2.45, 2.75) is 37.7 Å². The molecule has 1 aliphatic carbocycles. The molecule has 116 valence electrons. The monoisotopic (exact) mass is 297 g/mol. The second kappa shape index (κ2) is 6.09. The summed E-state index contributed by atoms with van der Waals surface area (Å²) in [6.45, 7) is 0.441. The average Bonchev–Trinajstić information content (AvgIpc) is 2.94. The van der Waals surface area contributed by atoms with Crippen LogP contribution in [0.5, 0.6) is 0 Å². The van der Waals surface area contributed by atoms with Gasteiger partial charge in [0.1, 0.15) is 0 Å². The maximum atomic E-state index is 12.5. The zero-order chi connectivity index (χ0) is 15.6. The number of rotatable bonds is 4. The summed E-state index contributed by atoms with van der Waals surface area (Å²) in [5.74, 6) is 0.0664. The molecule has 3 nitrogen and oxygen atoms in total. The highest BCUT2D eigenvalue weighted by Crippen LogP contribution is 2.30. The van der Waals surface area contributed by atoms with Gasteiger partial charge in [-0.1, -0.05) is 55.3 Å². The van der Waals surface area contributed by atoms with Crippen LogP contribution >= 0.6 is 0 Å². The van der Waals surface area contributed by atoms with E-state index in [0.29, 0.717) is 13.0 Å². The predicted octanol–water partition coefficient (Wildman–Crippen LogP) is 3.15. The van der Waals surface area contributed by atoms with Gasteiger partial charge in [-0.3, -0.25) is 4.79 Å². The largest absolute Gasteiger partial charge is 0.388 e. The molecule has 2 aromatic carbocycles. The summed E-state index contributed by atoms with van der Waals surface area (Å²) < 4.78 is 0. The smallest absolute Gasteiger partial charge is 0.226 e. The minimum absolute atomic E-state index is 0.0664.